The molecule has 4 aliphatic carbocycles. The molecule has 0 aromatic heterocycles. The molecule has 73 heavy (non-hydrogen) atoms. The summed E-state index contributed by atoms with van der Waals surface area (Å²) in [4.78, 5) is 16.2. The molecule has 3 unspecified atom stereocenters. The highest BCUT2D eigenvalue weighted by Crippen LogP contribution is 2.58. The summed E-state index contributed by atoms with van der Waals surface area (Å²) in [6.45, 7) is 37.7. The van der Waals surface area contributed by atoms with Crippen LogP contribution < -0.4 is 40.1 Å². The van der Waals surface area contributed by atoms with E-state index >= 15 is 0 Å². The highest BCUT2D eigenvalue weighted by molar-refractivity contribution is 5.22. The third kappa shape index (κ3) is 11.7. The van der Waals surface area contributed by atoms with Crippen molar-refractivity contribution in [1.82, 2.24) is 34.3 Å². The summed E-state index contributed by atoms with van der Waals surface area (Å²) in [5.41, 5.74) is 46.9. The van der Waals surface area contributed by atoms with Gasteiger partial charge in [-0.25, -0.2) is 0 Å². The van der Waals surface area contributed by atoms with Crippen LogP contribution in [0.2, 0.25) is 0 Å². The summed E-state index contributed by atoms with van der Waals surface area (Å²) in [7, 11) is 15.0. The van der Waals surface area contributed by atoms with Gasteiger partial charge in [-0.3, -0.25) is 0 Å². The average Bonchev–Trinajstić information content (AvgIpc) is 3.95. The maximum absolute atomic E-state index is 6.27. The Morgan fingerprint density at radius 3 is 0.589 bits per heavy atom. The lowest BCUT2D eigenvalue weighted by Crippen LogP contribution is -2.62. The fraction of sp³-hybridized carbons (Fsp3) is 0.965. The van der Waals surface area contributed by atoms with Gasteiger partial charge in [0.1, 0.15) is 0 Å². The molecule has 6 spiro atoms. The molecule has 9 saturated heterocycles. The van der Waals surface area contributed by atoms with Gasteiger partial charge in [-0.2, -0.15) is 0 Å². The highest BCUT2D eigenvalue weighted by Gasteiger charge is 2.62. The fourth-order valence-electron chi connectivity index (χ4n) is 16.1. The number of rotatable bonds is 0. The van der Waals surface area contributed by atoms with Gasteiger partial charge in [0.2, 0.25) is 0 Å². The fourth-order valence-corrected chi connectivity index (χ4v) is 16.1. The zero-order chi connectivity index (χ0) is 54.3. The van der Waals surface area contributed by atoms with Crippen molar-refractivity contribution < 1.29 is 9.47 Å². The molecular weight excluding hydrogens is 913 g/mol. The van der Waals surface area contributed by atoms with Crippen LogP contribution in [0.4, 0.5) is 0 Å². The molecule has 0 amide bonds. The Balaban J connectivity index is 0.000000125. The molecule has 7 atom stereocenters. The van der Waals surface area contributed by atoms with Crippen molar-refractivity contribution in [3.05, 3.63) is 12.2 Å². The molecule has 13 aliphatic rings. The Bertz CT molecular complexity index is 1700. The first-order chi connectivity index (χ1) is 33.4. The predicted molar refractivity (Wildman–Crippen MR) is 302 cm³/mol. The van der Waals surface area contributed by atoms with Crippen molar-refractivity contribution in [3.63, 3.8) is 0 Å². The second-order valence-electron chi connectivity index (χ2n) is 30.1. The molecular formula is C57H114N14O2. The molecule has 4 saturated carbocycles. The molecule has 16 nitrogen and oxygen atoms in total. The Hall–Kier alpha value is -0.900. The van der Waals surface area contributed by atoms with Crippen LogP contribution in [0, 0.1) is 32.5 Å². The molecule has 13 rings (SSSR count). The Morgan fingerprint density at radius 2 is 0.534 bits per heavy atom. The van der Waals surface area contributed by atoms with Crippen LogP contribution in [0.5, 0.6) is 0 Å². The van der Waals surface area contributed by atoms with Crippen molar-refractivity contribution in [1.29, 1.82) is 0 Å². The van der Waals surface area contributed by atoms with E-state index in [1.807, 2.05) is 6.92 Å². The Morgan fingerprint density at radius 1 is 0.315 bits per heavy atom. The maximum atomic E-state index is 6.27. The lowest BCUT2D eigenvalue weighted by Gasteiger charge is -2.47. The topological polar surface area (TPSA) is 223 Å². The van der Waals surface area contributed by atoms with Gasteiger partial charge in [0.05, 0.1) is 26.4 Å². The van der Waals surface area contributed by atoms with Crippen molar-refractivity contribution >= 4 is 0 Å². The molecule has 0 bridgehead atoms. The van der Waals surface area contributed by atoms with Crippen molar-refractivity contribution in [3.8, 4) is 0 Å². The number of nitrogens with two attached hydrogens (primary N) is 7. The first-order valence-electron chi connectivity index (χ1n) is 28.5. The third-order valence-corrected chi connectivity index (χ3v) is 22.0. The number of likely N-dealkylation sites (tertiary alicyclic amines) is 7. The molecule has 13 fully saturated rings. The van der Waals surface area contributed by atoms with Gasteiger partial charge in [0, 0.05) is 163 Å². The molecule has 9 aliphatic heterocycles. The van der Waals surface area contributed by atoms with Crippen molar-refractivity contribution in [2.24, 2.45) is 72.6 Å². The maximum Gasteiger partial charge on any atom is 0.0575 e. The van der Waals surface area contributed by atoms with Crippen LogP contribution in [0.3, 0.4) is 0 Å². The number of ether oxygens (including phenoxy) is 2. The number of nitrogens with zero attached hydrogens (tertiary/aromatic N) is 7. The molecule has 14 N–H and O–H groups in total. The summed E-state index contributed by atoms with van der Waals surface area (Å²) < 4.78 is 10.5. The van der Waals surface area contributed by atoms with E-state index in [1.165, 1.54) is 90.4 Å². The van der Waals surface area contributed by atoms with Gasteiger partial charge >= 0.3 is 0 Å². The smallest absolute Gasteiger partial charge is 0.0575 e. The molecule has 0 radical (unpaired) electrons. The monoisotopic (exact) mass is 1030 g/mol. The molecule has 9 heterocycles. The number of likely N-dealkylation sites (N-methyl/N-ethyl adjacent to an activating group) is 7. The lowest BCUT2D eigenvalue weighted by atomic mass is 9.60. The minimum absolute atomic E-state index is 0.0417. The lowest BCUT2D eigenvalue weighted by molar-refractivity contribution is -0.131. The molecule has 16 heteroatoms. The highest BCUT2D eigenvalue weighted by atomic mass is 16.5. The Labute approximate surface area is 445 Å². The summed E-state index contributed by atoms with van der Waals surface area (Å²) in [6, 6.07) is 0. The summed E-state index contributed by atoms with van der Waals surface area (Å²) in [5, 5.41) is 0. The van der Waals surface area contributed by atoms with Crippen LogP contribution in [0.25, 0.3) is 0 Å². The minimum Gasteiger partial charge on any atom is -0.380 e. The van der Waals surface area contributed by atoms with Gasteiger partial charge < -0.3 is 83.9 Å². The predicted octanol–water partition coefficient (Wildman–Crippen LogP) is 2.03. The van der Waals surface area contributed by atoms with Crippen LogP contribution >= 0.6 is 0 Å². The van der Waals surface area contributed by atoms with Gasteiger partial charge in [-0.05, 0) is 155 Å². The van der Waals surface area contributed by atoms with E-state index in [0.29, 0.717) is 21.7 Å². The van der Waals surface area contributed by atoms with Crippen LogP contribution in [-0.2, 0) is 9.47 Å². The van der Waals surface area contributed by atoms with Crippen molar-refractivity contribution in [2.75, 3.05) is 167 Å². The molecule has 424 valence electrons. The second kappa shape index (κ2) is 20.3. The number of hydrogen-bond donors (Lipinski definition) is 7. The first kappa shape index (κ1) is 59.8. The van der Waals surface area contributed by atoms with E-state index in [4.69, 9.17) is 49.6 Å². The average molecular weight is 1030 g/mol. The van der Waals surface area contributed by atoms with E-state index in [1.54, 1.807) is 0 Å². The van der Waals surface area contributed by atoms with E-state index in [0.717, 1.165) is 97.4 Å². The van der Waals surface area contributed by atoms with E-state index in [9.17, 15) is 0 Å². The molecule has 0 aromatic carbocycles. The van der Waals surface area contributed by atoms with E-state index in [2.05, 4.69) is 132 Å². The van der Waals surface area contributed by atoms with Gasteiger partial charge in [-0.1, -0.05) is 19.4 Å². The summed E-state index contributed by atoms with van der Waals surface area (Å²) in [5.74, 6) is 0. The Kier molecular flexibility index (Phi) is 16.6. The third-order valence-electron chi connectivity index (χ3n) is 22.0. The van der Waals surface area contributed by atoms with Crippen LogP contribution in [0.1, 0.15) is 113 Å². The standard InChI is InChI=1S/2C9H18N2.2C8H16N2O.2C8H16N2.C7H14N2/c2*1-8(10)6-11(2)7-9(8)4-3-5-9;2*1-7(9)3-10(2)4-8(7)5-11-6-8;2*1-7(9)5-10(2)6-8(7)3-4-8;1-6-4-9(3)5-7(6,2)8/h2*3-7,10H2,1-2H3;2*3-6,9H2,1-2H3;2*3-6,9H2,1-2H3;1,4-5,8H2,2-3H3/t8-;;7-;;7-;;7-/m1.1.1.1/s1. The zero-order valence-corrected chi connectivity index (χ0v) is 49.5. The first-order valence-corrected chi connectivity index (χ1v) is 28.5. The largest absolute Gasteiger partial charge is 0.380 e. The van der Waals surface area contributed by atoms with Gasteiger partial charge in [-0.15, -0.1) is 0 Å². The van der Waals surface area contributed by atoms with E-state index < -0.39 is 0 Å². The second-order valence-corrected chi connectivity index (χ2v) is 30.1. The minimum atomic E-state index is -0.144. The summed E-state index contributed by atoms with van der Waals surface area (Å²) in [6.07, 6.45) is 13.6. The normalized spacial score (nSPS) is 42.7. The SMILES string of the molecule is C=C1CN(C)C[C@@]1(C)N.CN1CC(C)(N)C2(CC2)C1.CN1CC(C)(N)C2(CCC2)C1.CN1CC(C)(N)C2(COC2)C1.CN1CC2(CC2)[C@](C)(N)C1.CN1CC2(CCC2)[C@](C)(N)C1.CN1CC2(COC2)[C@](C)(N)C1. The zero-order valence-electron chi connectivity index (χ0n) is 49.5. The van der Waals surface area contributed by atoms with Crippen LogP contribution in [-0.4, -0.2) is 240 Å². The van der Waals surface area contributed by atoms with Crippen molar-refractivity contribution in [2.45, 2.75) is 151 Å². The van der Waals surface area contributed by atoms with Gasteiger partial charge in [0.15, 0.2) is 0 Å². The van der Waals surface area contributed by atoms with Gasteiger partial charge in [0.25, 0.3) is 0 Å². The number of hydrogen-bond acceptors (Lipinski definition) is 16. The quantitative estimate of drug-likeness (QED) is 0.173. The summed E-state index contributed by atoms with van der Waals surface area (Å²) >= 11 is 0. The van der Waals surface area contributed by atoms with E-state index in [-0.39, 0.29) is 49.6 Å². The van der Waals surface area contributed by atoms with Crippen LogP contribution in [0.15, 0.2) is 12.2 Å². The molecule has 0 aromatic rings.